The molecule has 0 radical (unpaired) electrons. The average molecular weight is 263 g/mol. The smallest absolute Gasteiger partial charge is 0.0132 e. The Kier molecular flexibility index (Phi) is 2.93. The molecule has 0 aromatic rings. The first-order valence-electron chi connectivity index (χ1n) is 8.42. The summed E-state index contributed by atoms with van der Waals surface area (Å²) < 4.78 is 0. The molecule has 0 heterocycles. The Labute approximate surface area is 119 Å². The predicted octanol–water partition coefficient (Wildman–Crippen LogP) is 4.62. The topological polar surface area (TPSA) is 12.0 Å². The first kappa shape index (κ1) is 13.9. The number of nitrogens with one attached hydrogen (secondary N) is 1. The number of fused-ring (bicyclic) bond motifs is 2. The molecule has 3 aliphatic carbocycles. The van der Waals surface area contributed by atoms with Crippen LogP contribution in [0.4, 0.5) is 0 Å². The Morgan fingerprint density at radius 1 is 1.00 bits per heavy atom. The second kappa shape index (κ2) is 4.00. The van der Waals surface area contributed by atoms with E-state index in [0.717, 1.165) is 23.9 Å². The zero-order valence-corrected chi connectivity index (χ0v) is 13.8. The van der Waals surface area contributed by atoms with E-state index in [2.05, 4.69) is 46.9 Å². The summed E-state index contributed by atoms with van der Waals surface area (Å²) in [6.07, 6.45) is 7.08. The molecule has 110 valence electrons. The predicted molar refractivity (Wildman–Crippen MR) is 82.1 cm³/mol. The van der Waals surface area contributed by atoms with Gasteiger partial charge in [0.15, 0.2) is 0 Å². The summed E-state index contributed by atoms with van der Waals surface area (Å²) in [5.74, 6) is 1.81. The number of hydrogen-bond acceptors (Lipinski definition) is 1. The van der Waals surface area contributed by atoms with E-state index in [1.54, 1.807) is 0 Å². The molecule has 1 heteroatoms. The van der Waals surface area contributed by atoms with E-state index in [1.165, 1.54) is 32.1 Å². The summed E-state index contributed by atoms with van der Waals surface area (Å²) >= 11 is 0. The van der Waals surface area contributed by atoms with Gasteiger partial charge in [0.1, 0.15) is 0 Å². The fraction of sp³-hybridized carbons (Fsp3) is 1.00. The van der Waals surface area contributed by atoms with E-state index in [4.69, 9.17) is 0 Å². The van der Waals surface area contributed by atoms with Crippen LogP contribution in [-0.2, 0) is 0 Å². The van der Waals surface area contributed by atoms with Crippen LogP contribution in [0.2, 0.25) is 0 Å². The molecule has 3 fully saturated rings. The van der Waals surface area contributed by atoms with Gasteiger partial charge in [-0.25, -0.2) is 0 Å². The van der Waals surface area contributed by atoms with Crippen molar-refractivity contribution < 1.29 is 0 Å². The Hall–Kier alpha value is -0.0400. The molecule has 3 rings (SSSR count). The molecule has 2 bridgehead atoms. The van der Waals surface area contributed by atoms with Gasteiger partial charge in [-0.05, 0) is 60.2 Å². The van der Waals surface area contributed by atoms with Crippen LogP contribution < -0.4 is 5.32 Å². The van der Waals surface area contributed by atoms with E-state index in [0.29, 0.717) is 16.2 Å². The Morgan fingerprint density at radius 2 is 1.68 bits per heavy atom. The van der Waals surface area contributed by atoms with Crippen molar-refractivity contribution in [2.45, 2.75) is 85.7 Å². The lowest BCUT2D eigenvalue weighted by molar-refractivity contribution is 0.112. The van der Waals surface area contributed by atoms with Gasteiger partial charge in [-0.3, -0.25) is 0 Å². The van der Waals surface area contributed by atoms with E-state index < -0.39 is 0 Å². The monoisotopic (exact) mass is 263 g/mol. The van der Waals surface area contributed by atoms with E-state index >= 15 is 0 Å². The molecule has 0 amide bonds. The van der Waals surface area contributed by atoms with Crippen molar-refractivity contribution >= 4 is 0 Å². The molecule has 0 aromatic heterocycles. The van der Waals surface area contributed by atoms with Gasteiger partial charge >= 0.3 is 0 Å². The summed E-state index contributed by atoms with van der Waals surface area (Å²) in [4.78, 5) is 0. The first-order chi connectivity index (χ1) is 8.66. The molecule has 0 saturated heterocycles. The third-order valence-electron chi connectivity index (χ3n) is 7.54. The highest BCUT2D eigenvalue weighted by atomic mass is 15.0. The summed E-state index contributed by atoms with van der Waals surface area (Å²) in [5.41, 5.74) is 1.62. The van der Waals surface area contributed by atoms with Gasteiger partial charge in [0.25, 0.3) is 0 Å². The third kappa shape index (κ3) is 1.91. The van der Waals surface area contributed by atoms with Crippen LogP contribution in [0.1, 0.15) is 73.6 Å². The summed E-state index contributed by atoms with van der Waals surface area (Å²) in [6, 6.07) is 1.52. The molecule has 5 atom stereocenters. The molecule has 0 spiro atoms. The van der Waals surface area contributed by atoms with Gasteiger partial charge in [-0.15, -0.1) is 0 Å². The molecule has 3 saturated carbocycles. The van der Waals surface area contributed by atoms with Crippen LogP contribution in [0.3, 0.4) is 0 Å². The first-order valence-corrected chi connectivity index (χ1v) is 8.42. The second-order valence-electron chi connectivity index (χ2n) is 9.49. The quantitative estimate of drug-likeness (QED) is 0.767. The van der Waals surface area contributed by atoms with Crippen molar-refractivity contribution in [2.75, 3.05) is 0 Å². The third-order valence-corrected chi connectivity index (χ3v) is 7.54. The minimum atomic E-state index is 0.532. The highest BCUT2D eigenvalue weighted by Gasteiger charge is 2.61. The van der Waals surface area contributed by atoms with Crippen LogP contribution in [0, 0.1) is 28.1 Å². The van der Waals surface area contributed by atoms with Gasteiger partial charge in [0, 0.05) is 12.1 Å². The van der Waals surface area contributed by atoms with Crippen LogP contribution in [0.5, 0.6) is 0 Å². The maximum Gasteiger partial charge on any atom is 0.0132 e. The van der Waals surface area contributed by atoms with Crippen molar-refractivity contribution in [3.05, 3.63) is 0 Å². The van der Waals surface area contributed by atoms with Crippen LogP contribution in [0.25, 0.3) is 0 Å². The zero-order chi connectivity index (χ0) is 14.1. The van der Waals surface area contributed by atoms with E-state index in [9.17, 15) is 0 Å². The standard InChI is InChI=1S/C18H33N/c1-12-10-16(2,3)11-14(12)19-15-9-13-7-8-18(15,6)17(13,4)5/h12-15,19H,7-11H2,1-6H3. The van der Waals surface area contributed by atoms with Gasteiger partial charge in [0.05, 0.1) is 0 Å². The molecular weight excluding hydrogens is 230 g/mol. The van der Waals surface area contributed by atoms with Crippen molar-refractivity contribution in [3.8, 4) is 0 Å². The average Bonchev–Trinajstić information content (AvgIpc) is 2.72. The van der Waals surface area contributed by atoms with Crippen molar-refractivity contribution in [1.82, 2.24) is 5.32 Å². The maximum atomic E-state index is 4.11. The lowest BCUT2D eigenvalue weighted by Crippen LogP contribution is -2.49. The summed E-state index contributed by atoms with van der Waals surface area (Å²) in [6.45, 7) is 14.9. The van der Waals surface area contributed by atoms with Crippen molar-refractivity contribution in [1.29, 1.82) is 0 Å². The lowest BCUT2D eigenvalue weighted by atomic mass is 9.69. The Morgan fingerprint density at radius 3 is 2.11 bits per heavy atom. The molecule has 3 aliphatic rings. The highest BCUT2D eigenvalue weighted by Crippen LogP contribution is 2.65. The van der Waals surface area contributed by atoms with Crippen LogP contribution in [0.15, 0.2) is 0 Å². The van der Waals surface area contributed by atoms with Crippen molar-refractivity contribution in [3.63, 3.8) is 0 Å². The minimum absolute atomic E-state index is 0.532. The van der Waals surface area contributed by atoms with Gasteiger partial charge in [-0.1, -0.05) is 41.5 Å². The molecule has 1 N–H and O–H groups in total. The fourth-order valence-electron chi connectivity index (χ4n) is 5.83. The molecule has 1 nitrogen and oxygen atoms in total. The van der Waals surface area contributed by atoms with E-state index in [-0.39, 0.29) is 0 Å². The molecular formula is C18H33N. The molecule has 19 heavy (non-hydrogen) atoms. The van der Waals surface area contributed by atoms with Crippen molar-refractivity contribution in [2.24, 2.45) is 28.1 Å². The lowest BCUT2D eigenvalue weighted by Gasteiger charge is -2.41. The number of rotatable bonds is 2. The summed E-state index contributed by atoms with van der Waals surface area (Å²) in [5, 5.41) is 4.11. The fourth-order valence-corrected chi connectivity index (χ4v) is 5.83. The molecule has 5 unspecified atom stereocenters. The SMILES string of the molecule is CC1CC(C)(C)CC1NC1CC2CCC1(C)C2(C)C. The molecule has 0 aliphatic heterocycles. The van der Waals surface area contributed by atoms with Crippen LogP contribution >= 0.6 is 0 Å². The maximum absolute atomic E-state index is 4.11. The minimum Gasteiger partial charge on any atom is -0.310 e. The Bertz CT molecular complexity index is 370. The second-order valence-corrected chi connectivity index (χ2v) is 9.49. The number of hydrogen-bond donors (Lipinski definition) is 1. The van der Waals surface area contributed by atoms with E-state index in [1.807, 2.05) is 0 Å². The Balaban J connectivity index is 1.73. The van der Waals surface area contributed by atoms with Gasteiger partial charge in [-0.2, -0.15) is 0 Å². The zero-order valence-electron chi connectivity index (χ0n) is 13.8. The highest BCUT2D eigenvalue weighted by molar-refractivity contribution is 5.14. The van der Waals surface area contributed by atoms with Gasteiger partial charge in [0.2, 0.25) is 0 Å². The largest absolute Gasteiger partial charge is 0.310 e. The van der Waals surface area contributed by atoms with Gasteiger partial charge < -0.3 is 5.32 Å². The molecule has 0 aromatic carbocycles. The summed E-state index contributed by atoms with van der Waals surface area (Å²) in [7, 11) is 0. The van der Waals surface area contributed by atoms with Crippen LogP contribution in [-0.4, -0.2) is 12.1 Å². The normalized spacial score (nSPS) is 50.8.